The summed E-state index contributed by atoms with van der Waals surface area (Å²) in [5.41, 5.74) is 1.20. The standard InChI is InChI=1S/C12H7N3O3S2.Na/c16-9-7(10-15(9)8(5-20-10)11(17)18)3-6-4-14-1-2-19-12(14)13-6;/h1-5,10H,(H,17,18);/q;+1/p-1/b7-3+;/t10-;/m1./s1. The van der Waals surface area contributed by atoms with Crippen LogP contribution in [0.4, 0.5) is 0 Å². The molecule has 0 radical (unpaired) electrons. The number of carboxylic acid groups (broad SMARTS) is 1. The molecule has 0 aromatic carbocycles. The molecule has 2 aliphatic rings. The molecule has 2 aromatic heterocycles. The number of carboxylic acids is 1. The van der Waals surface area contributed by atoms with Gasteiger partial charge in [-0.3, -0.25) is 14.1 Å². The summed E-state index contributed by atoms with van der Waals surface area (Å²) >= 11 is 2.80. The van der Waals surface area contributed by atoms with Crippen LogP contribution < -0.4 is 34.7 Å². The monoisotopic (exact) mass is 327 g/mol. The Morgan fingerprint density at radius 2 is 2.29 bits per heavy atom. The van der Waals surface area contributed by atoms with E-state index in [9.17, 15) is 14.7 Å². The van der Waals surface area contributed by atoms with Crippen molar-refractivity contribution >= 4 is 46.0 Å². The summed E-state index contributed by atoms with van der Waals surface area (Å²) in [5, 5.41) is 14.0. The van der Waals surface area contributed by atoms with E-state index in [1.807, 2.05) is 22.2 Å². The van der Waals surface area contributed by atoms with Crippen molar-refractivity contribution in [1.29, 1.82) is 0 Å². The van der Waals surface area contributed by atoms with Crippen molar-refractivity contribution in [1.82, 2.24) is 14.3 Å². The molecule has 2 aliphatic heterocycles. The third kappa shape index (κ3) is 2.18. The second kappa shape index (κ2) is 5.29. The second-order valence-corrected chi connectivity index (χ2v) is 6.14. The number of hydrogen-bond acceptors (Lipinski definition) is 6. The Bertz CT molecular complexity index is 794. The molecule has 6 nitrogen and oxygen atoms in total. The molecular formula is C12H6N3NaO3S2. The molecule has 1 saturated heterocycles. The number of rotatable bonds is 2. The zero-order valence-electron chi connectivity index (χ0n) is 10.8. The molecule has 0 spiro atoms. The minimum absolute atomic E-state index is 0. The zero-order chi connectivity index (χ0) is 13.9. The molecule has 0 aliphatic carbocycles. The number of aromatic nitrogens is 2. The smallest absolute Gasteiger partial charge is 0.543 e. The fraction of sp³-hybridized carbons (Fsp3) is 0.0833. The van der Waals surface area contributed by atoms with Crippen LogP contribution in [-0.2, 0) is 9.59 Å². The van der Waals surface area contributed by atoms with E-state index < -0.39 is 5.97 Å². The number of fused-ring (bicyclic) bond motifs is 2. The van der Waals surface area contributed by atoms with E-state index in [0.29, 0.717) is 11.3 Å². The molecule has 0 unspecified atom stereocenters. The fourth-order valence-electron chi connectivity index (χ4n) is 2.23. The van der Waals surface area contributed by atoms with Gasteiger partial charge in [0.05, 0.1) is 22.9 Å². The number of thiazole rings is 1. The first kappa shape index (κ1) is 14.9. The summed E-state index contributed by atoms with van der Waals surface area (Å²) in [6.45, 7) is 0. The van der Waals surface area contributed by atoms with E-state index in [4.69, 9.17) is 0 Å². The minimum Gasteiger partial charge on any atom is -0.543 e. The molecule has 1 amide bonds. The number of imidazole rings is 1. The van der Waals surface area contributed by atoms with Gasteiger partial charge < -0.3 is 9.90 Å². The van der Waals surface area contributed by atoms with Gasteiger partial charge in [0, 0.05) is 17.8 Å². The number of amides is 1. The van der Waals surface area contributed by atoms with E-state index in [1.165, 1.54) is 33.4 Å². The molecule has 4 rings (SSSR count). The van der Waals surface area contributed by atoms with Crippen molar-refractivity contribution in [3.8, 4) is 0 Å². The first-order chi connectivity index (χ1) is 9.65. The predicted molar refractivity (Wildman–Crippen MR) is 72.4 cm³/mol. The summed E-state index contributed by atoms with van der Waals surface area (Å²) in [7, 11) is 0. The summed E-state index contributed by atoms with van der Waals surface area (Å²) in [6.07, 6.45) is 5.44. The van der Waals surface area contributed by atoms with Crippen LogP contribution in [0.3, 0.4) is 0 Å². The van der Waals surface area contributed by atoms with E-state index in [0.717, 1.165) is 4.96 Å². The maximum absolute atomic E-state index is 12.0. The number of carbonyl (C=O) groups is 2. The average molecular weight is 327 g/mol. The van der Waals surface area contributed by atoms with Crippen LogP contribution in [0, 0.1) is 0 Å². The number of hydrogen-bond donors (Lipinski definition) is 0. The van der Waals surface area contributed by atoms with Gasteiger partial charge in [-0.05, 0) is 11.5 Å². The molecule has 100 valence electrons. The van der Waals surface area contributed by atoms with Crippen LogP contribution in [0.2, 0.25) is 0 Å². The summed E-state index contributed by atoms with van der Waals surface area (Å²) in [5.74, 6) is -1.62. The van der Waals surface area contributed by atoms with E-state index in [-0.39, 0.29) is 46.5 Å². The quantitative estimate of drug-likeness (QED) is 0.341. The minimum atomic E-state index is -1.32. The molecule has 1 fully saturated rings. The van der Waals surface area contributed by atoms with Crippen LogP contribution in [-0.4, -0.2) is 31.5 Å². The van der Waals surface area contributed by atoms with Gasteiger partial charge in [-0.2, -0.15) is 0 Å². The van der Waals surface area contributed by atoms with Crippen LogP contribution in [0.15, 0.2) is 34.5 Å². The maximum atomic E-state index is 12.0. The maximum Gasteiger partial charge on any atom is 1.00 e. The van der Waals surface area contributed by atoms with Crippen molar-refractivity contribution < 1.29 is 44.3 Å². The van der Waals surface area contributed by atoms with Crippen LogP contribution in [0.1, 0.15) is 5.69 Å². The molecular weight excluding hydrogens is 321 g/mol. The van der Waals surface area contributed by atoms with Crippen molar-refractivity contribution in [2.24, 2.45) is 0 Å². The van der Waals surface area contributed by atoms with E-state index in [2.05, 4.69) is 4.98 Å². The summed E-state index contributed by atoms with van der Waals surface area (Å²) in [4.78, 5) is 29.3. The number of nitrogens with zero attached hydrogens (tertiary/aromatic N) is 3. The Balaban J connectivity index is 0.00000132. The first-order valence-corrected chi connectivity index (χ1v) is 7.52. The topological polar surface area (TPSA) is 77.7 Å². The first-order valence-electron chi connectivity index (χ1n) is 5.69. The predicted octanol–water partition coefficient (Wildman–Crippen LogP) is -2.71. The fourth-order valence-corrected chi connectivity index (χ4v) is 4.05. The SMILES string of the molecule is O=C([O-])C1=CS[C@@H]2/C(=C/c3cn4ccsc4n3)C(=O)N12.[Na+]. The number of β-lactam (4-membered cyclic amide) rings is 1. The van der Waals surface area contributed by atoms with E-state index in [1.54, 1.807) is 6.08 Å². The van der Waals surface area contributed by atoms with Crippen LogP contribution in [0.5, 0.6) is 0 Å². The average Bonchev–Trinajstić information content (AvgIpc) is 3.07. The van der Waals surface area contributed by atoms with E-state index >= 15 is 0 Å². The molecule has 0 saturated carbocycles. The Labute approximate surface area is 149 Å². The summed E-state index contributed by atoms with van der Waals surface area (Å²) in [6, 6.07) is 0. The Morgan fingerprint density at radius 3 is 3.00 bits per heavy atom. The van der Waals surface area contributed by atoms with Gasteiger partial charge in [0.2, 0.25) is 0 Å². The molecule has 1 atom stereocenters. The van der Waals surface area contributed by atoms with Gasteiger partial charge in [0.1, 0.15) is 5.37 Å². The van der Waals surface area contributed by atoms with Gasteiger partial charge in [-0.25, -0.2) is 4.98 Å². The van der Waals surface area contributed by atoms with Gasteiger partial charge in [0.25, 0.3) is 5.91 Å². The van der Waals surface area contributed by atoms with Crippen LogP contribution >= 0.6 is 23.1 Å². The van der Waals surface area contributed by atoms with Crippen molar-refractivity contribution in [3.05, 3.63) is 40.1 Å². The number of aliphatic carboxylic acids is 1. The van der Waals surface area contributed by atoms with Gasteiger partial charge in [-0.15, -0.1) is 23.1 Å². The Kier molecular flexibility index (Phi) is 3.74. The number of thioether (sulfide) groups is 1. The molecule has 4 heterocycles. The number of carbonyl (C=O) groups excluding carboxylic acids is 2. The third-order valence-corrected chi connectivity index (χ3v) is 5.01. The second-order valence-electron chi connectivity index (χ2n) is 4.31. The van der Waals surface area contributed by atoms with Gasteiger partial charge in [-0.1, -0.05) is 0 Å². The molecule has 2 aromatic rings. The molecule has 0 N–H and O–H groups in total. The molecule has 21 heavy (non-hydrogen) atoms. The zero-order valence-corrected chi connectivity index (χ0v) is 14.5. The Morgan fingerprint density at radius 1 is 1.48 bits per heavy atom. The van der Waals surface area contributed by atoms with Crippen LogP contribution in [0.25, 0.3) is 11.0 Å². The largest absolute Gasteiger partial charge is 1.00 e. The summed E-state index contributed by atoms with van der Waals surface area (Å²) < 4.78 is 1.88. The normalized spacial score (nSPS) is 22.0. The van der Waals surface area contributed by atoms with Crippen molar-refractivity contribution in [2.45, 2.75) is 5.37 Å². The molecule has 9 heteroatoms. The molecule has 0 bridgehead atoms. The van der Waals surface area contributed by atoms with Gasteiger partial charge >= 0.3 is 29.6 Å². The van der Waals surface area contributed by atoms with Crippen molar-refractivity contribution in [3.63, 3.8) is 0 Å². The van der Waals surface area contributed by atoms with Gasteiger partial charge in [0.15, 0.2) is 4.96 Å². The third-order valence-electron chi connectivity index (χ3n) is 3.16. The Hall–Kier alpha value is -1.06. The van der Waals surface area contributed by atoms with Crippen molar-refractivity contribution in [2.75, 3.05) is 0 Å².